The van der Waals surface area contributed by atoms with Crippen molar-refractivity contribution >= 4 is 34.7 Å². The summed E-state index contributed by atoms with van der Waals surface area (Å²) in [6.45, 7) is 1.93. The third-order valence-electron chi connectivity index (χ3n) is 3.62. The van der Waals surface area contributed by atoms with Gasteiger partial charge in [0.15, 0.2) is 0 Å². The average Bonchev–Trinajstić information content (AvgIpc) is 2.61. The highest BCUT2D eigenvalue weighted by Gasteiger charge is 2.11. The first-order chi connectivity index (χ1) is 12.0. The molecule has 0 spiro atoms. The Kier molecular flexibility index (Phi) is 4.90. The van der Waals surface area contributed by atoms with E-state index in [9.17, 15) is 4.79 Å². The number of rotatable bonds is 4. The van der Waals surface area contributed by atoms with E-state index in [0.29, 0.717) is 11.4 Å². The number of benzene rings is 1. The Bertz CT molecular complexity index is 901. The van der Waals surface area contributed by atoms with Crippen LogP contribution in [0, 0.1) is 6.92 Å². The number of hydrogen-bond acceptors (Lipinski definition) is 5. The molecule has 0 saturated carbocycles. The predicted molar refractivity (Wildman–Crippen MR) is 98.5 cm³/mol. The van der Waals surface area contributed by atoms with E-state index in [-0.39, 0.29) is 11.1 Å². The first-order valence-corrected chi connectivity index (χ1v) is 7.95. The fourth-order valence-corrected chi connectivity index (χ4v) is 2.53. The SMILES string of the molecule is Cc1cccc(C(=O)Nc2cc(N(C)c3cncnc3)cc(Cl)n2)c1. The number of aryl methyl sites for hydroxylation is 1. The van der Waals surface area contributed by atoms with Crippen molar-refractivity contribution in [2.75, 3.05) is 17.3 Å². The van der Waals surface area contributed by atoms with Crippen LogP contribution < -0.4 is 10.2 Å². The quantitative estimate of drug-likeness (QED) is 0.721. The minimum atomic E-state index is -0.241. The van der Waals surface area contributed by atoms with Crippen molar-refractivity contribution in [3.63, 3.8) is 0 Å². The lowest BCUT2D eigenvalue weighted by Crippen LogP contribution is -2.15. The molecular weight excluding hydrogens is 338 g/mol. The summed E-state index contributed by atoms with van der Waals surface area (Å²) in [5.41, 5.74) is 3.12. The molecule has 6 nitrogen and oxygen atoms in total. The monoisotopic (exact) mass is 353 g/mol. The second kappa shape index (κ2) is 7.27. The highest BCUT2D eigenvalue weighted by atomic mass is 35.5. The van der Waals surface area contributed by atoms with Crippen LogP contribution in [0.15, 0.2) is 55.1 Å². The second-order valence-electron chi connectivity index (χ2n) is 5.51. The Hall–Kier alpha value is -2.99. The Morgan fingerprint density at radius 3 is 2.60 bits per heavy atom. The molecule has 3 rings (SSSR count). The van der Waals surface area contributed by atoms with Crippen LogP contribution in [0.5, 0.6) is 0 Å². The summed E-state index contributed by atoms with van der Waals surface area (Å²) in [6.07, 6.45) is 4.84. The van der Waals surface area contributed by atoms with Gasteiger partial charge in [0.05, 0.1) is 18.1 Å². The topological polar surface area (TPSA) is 71.0 Å². The van der Waals surface area contributed by atoms with E-state index in [2.05, 4.69) is 20.3 Å². The van der Waals surface area contributed by atoms with E-state index in [1.165, 1.54) is 6.33 Å². The van der Waals surface area contributed by atoms with Crippen molar-refractivity contribution in [3.05, 3.63) is 71.4 Å². The van der Waals surface area contributed by atoms with Gasteiger partial charge in [-0.1, -0.05) is 29.3 Å². The standard InChI is InChI=1S/C18H16ClN5O/c1-12-4-3-5-13(6-12)18(25)23-17-8-14(7-16(19)22-17)24(2)15-9-20-11-21-10-15/h3-11H,1-2H3,(H,22,23,25). The molecule has 1 amide bonds. The number of anilines is 3. The lowest BCUT2D eigenvalue weighted by Gasteiger charge is -2.19. The minimum Gasteiger partial charge on any atom is -0.342 e. The first kappa shape index (κ1) is 16.9. The number of halogens is 1. The zero-order valence-corrected chi connectivity index (χ0v) is 14.5. The molecule has 1 aromatic carbocycles. The number of aromatic nitrogens is 3. The normalized spacial score (nSPS) is 10.4. The van der Waals surface area contributed by atoms with Crippen molar-refractivity contribution < 1.29 is 4.79 Å². The van der Waals surface area contributed by atoms with Crippen LogP contribution in [0.3, 0.4) is 0 Å². The van der Waals surface area contributed by atoms with Gasteiger partial charge in [0.1, 0.15) is 17.3 Å². The molecule has 2 heterocycles. The van der Waals surface area contributed by atoms with Crippen molar-refractivity contribution in [2.24, 2.45) is 0 Å². The lowest BCUT2D eigenvalue weighted by molar-refractivity contribution is 0.102. The van der Waals surface area contributed by atoms with Gasteiger partial charge in [0, 0.05) is 24.4 Å². The summed E-state index contributed by atoms with van der Waals surface area (Å²) in [5.74, 6) is 0.132. The summed E-state index contributed by atoms with van der Waals surface area (Å²) in [5, 5.41) is 3.06. The molecule has 0 radical (unpaired) electrons. The number of carbonyl (C=O) groups is 1. The van der Waals surface area contributed by atoms with Crippen molar-refractivity contribution in [1.82, 2.24) is 15.0 Å². The molecule has 2 aromatic heterocycles. The molecule has 3 aromatic rings. The zero-order chi connectivity index (χ0) is 17.8. The number of carbonyl (C=O) groups excluding carboxylic acids is 1. The fraction of sp³-hybridized carbons (Fsp3) is 0.111. The molecule has 0 bridgehead atoms. The molecule has 7 heteroatoms. The summed E-state index contributed by atoms with van der Waals surface area (Å²) < 4.78 is 0. The van der Waals surface area contributed by atoms with Crippen LogP contribution in [-0.4, -0.2) is 27.9 Å². The van der Waals surface area contributed by atoms with Gasteiger partial charge in [0.25, 0.3) is 5.91 Å². The van der Waals surface area contributed by atoms with Gasteiger partial charge in [-0.05, 0) is 25.1 Å². The molecule has 126 valence electrons. The Balaban J connectivity index is 1.85. The molecule has 1 N–H and O–H groups in total. The largest absolute Gasteiger partial charge is 0.342 e. The van der Waals surface area contributed by atoms with E-state index in [4.69, 9.17) is 11.6 Å². The molecule has 25 heavy (non-hydrogen) atoms. The maximum absolute atomic E-state index is 12.4. The van der Waals surface area contributed by atoms with Crippen LogP contribution in [0.4, 0.5) is 17.2 Å². The summed E-state index contributed by atoms with van der Waals surface area (Å²) in [4.78, 5) is 26.4. The van der Waals surface area contributed by atoms with E-state index < -0.39 is 0 Å². The van der Waals surface area contributed by atoms with Gasteiger partial charge in [0.2, 0.25) is 0 Å². The summed E-state index contributed by atoms with van der Waals surface area (Å²) >= 11 is 6.12. The molecule has 0 aliphatic heterocycles. The second-order valence-corrected chi connectivity index (χ2v) is 5.90. The van der Waals surface area contributed by atoms with E-state index in [1.807, 2.05) is 37.1 Å². The lowest BCUT2D eigenvalue weighted by atomic mass is 10.1. The van der Waals surface area contributed by atoms with Crippen LogP contribution in [0.25, 0.3) is 0 Å². The van der Waals surface area contributed by atoms with E-state index in [1.54, 1.807) is 30.6 Å². The van der Waals surface area contributed by atoms with E-state index in [0.717, 1.165) is 16.9 Å². The molecule has 0 atom stereocenters. The van der Waals surface area contributed by atoms with Crippen LogP contribution in [0.1, 0.15) is 15.9 Å². The third-order valence-corrected chi connectivity index (χ3v) is 3.82. The molecular formula is C18H16ClN5O. The van der Waals surface area contributed by atoms with Gasteiger partial charge in [-0.3, -0.25) is 4.79 Å². The highest BCUT2D eigenvalue weighted by molar-refractivity contribution is 6.29. The Morgan fingerprint density at radius 1 is 1.12 bits per heavy atom. The molecule has 0 aliphatic rings. The predicted octanol–water partition coefficient (Wildman–Crippen LogP) is 3.85. The van der Waals surface area contributed by atoms with Crippen LogP contribution >= 0.6 is 11.6 Å². The van der Waals surface area contributed by atoms with Gasteiger partial charge in [-0.15, -0.1) is 0 Å². The van der Waals surface area contributed by atoms with Gasteiger partial charge >= 0.3 is 0 Å². The zero-order valence-electron chi connectivity index (χ0n) is 13.8. The molecule has 0 fully saturated rings. The number of amides is 1. The Morgan fingerprint density at radius 2 is 1.88 bits per heavy atom. The van der Waals surface area contributed by atoms with Crippen LogP contribution in [-0.2, 0) is 0 Å². The van der Waals surface area contributed by atoms with Crippen LogP contribution in [0.2, 0.25) is 5.15 Å². The molecule has 0 unspecified atom stereocenters. The van der Waals surface area contributed by atoms with Crippen molar-refractivity contribution in [3.8, 4) is 0 Å². The smallest absolute Gasteiger partial charge is 0.256 e. The minimum absolute atomic E-state index is 0.241. The number of nitrogens with zero attached hydrogens (tertiary/aromatic N) is 4. The summed E-state index contributed by atoms with van der Waals surface area (Å²) in [6, 6.07) is 10.8. The summed E-state index contributed by atoms with van der Waals surface area (Å²) in [7, 11) is 1.86. The number of hydrogen-bond donors (Lipinski definition) is 1. The van der Waals surface area contributed by atoms with Gasteiger partial charge in [-0.25, -0.2) is 15.0 Å². The number of nitrogens with one attached hydrogen (secondary N) is 1. The first-order valence-electron chi connectivity index (χ1n) is 7.57. The maximum atomic E-state index is 12.4. The molecule has 0 saturated heterocycles. The van der Waals surface area contributed by atoms with E-state index >= 15 is 0 Å². The fourth-order valence-electron chi connectivity index (χ4n) is 2.33. The van der Waals surface area contributed by atoms with Gasteiger partial charge in [-0.2, -0.15) is 0 Å². The Labute approximate surface area is 150 Å². The van der Waals surface area contributed by atoms with Gasteiger partial charge < -0.3 is 10.2 Å². The van der Waals surface area contributed by atoms with Crippen molar-refractivity contribution in [2.45, 2.75) is 6.92 Å². The molecule has 0 aliphatic carbocycles. The third kappa shape index (κ3) is 4.10. The number of pyridine rings is 1. The average molecular weight is 354 g/mol. The maximum Gasteiger partial charge on any atom is 0.256 e. The van der Waals surface area contributed by atoms with Crippen molar-refractivity contribution in [1.29, 1.82) is 0 Å². The highest BCUT2D eigenvalue weighted by Crippen LogP contribution is 2.27.